The Labute approximate surface area is 222 Å². The Morgan fingerprint density at radius 1 is 0.684 bits per heavy atom. The first-order valence-corrected chi connectivity index (χ1v) is 12.6. The number of carbonyl (C=O) groups is 2. The molecule has 0 radical (unpaired) electrons. The van der Waals surface area contributed by atoms with Gasteiger partial charge in [-0.1, -0.05) is 0 Å². The van der Waals surface area contributed by atoms with Gasteiger partial charge in [0.05, 0.1) is 40.5 Å². The van der Waals surface area contributed by atoms with Gasteiger partial charge in [0, 0.05) is 26.9 Å². The van der Waals surface area contributed by atoms with E-state index in [1.165, 1.54) is 28.1 Å². The Bertz CT molecular complexity index is 1120. The zero-order valence-electron chi connectivity index (χ0n) is 22.7. The van der Waals surface area contributed by atoms with Crippen molar-refractivity contribution in [1.29, 1.82) is 0 Å². The first-order chi connectivity index (χ1) is 18.2. The van der Waals surface area contributed by atoms with Crippen LogP contribution in [0.15, 0.2) is 24.3 Å². The van der Waals surface area contributed by atoms with Crippen LogP contribution in [0.25, 0.3) is 0 Å². The van der Waals surface area contributed by atoms with Gasteiger partial charge in [-0.25, -0.2) is 0 Å². The highest BCUT2D eigenvalue weighted by Crippen LogP contribution is 2.44. The Morgan fingerprint density at radius 3 is 1.29 bits per heavy atom. The van der Waals surface area contributed by atoms with E-state index in [1.54, 1.807) is 36.2 Å². The average Bonchev–Trinajstić information content (AvgIpc) is 2.93. The molecule has 2 unspecified atom stereocenters. The van der Waals surface area contributed by atoms with Gasteiger partial charge in [-0.15, -0.1) is 0 Å². The summed E-state index contributed by atoms with van der Waals surface area (Å²) in [4.78, 5) is 28.5. The average molecular weight is 529 g/mol. The second-order valence-corrected chi connectivity index (χ2v) is 9.61. The van der Waals surface area contributed by atoms with Gasteiger partial charge in [-0.2, -0.15) is 0 Å². The highest BCUT2D eigenvalue weighted by molar-refractivity contribution is 5.75. The highest BCUT2D eigenvalue weighted by atomic mass is 16.5. The monoisotopic (exact) mass is 528 g/mol. The topological polar surface area (TPSA) is 118 Å². The quantitative estimate of drug-likeness (QED) is 0.561. The largest absolute Gasteiger partial charge is 0.493 e. The number of benzene rings is 2. The molecule has 0 bridgehead atoms. The minimum absolute atomic E-state index is 0.236. The molecule has 2 amide bonds. The number of amides is 2. The summed E-state index contributed by atoms with van der Waals surface area (Å²) >= 11 is 0. The first-order valence-electron chi connectivity index (χ1n) is 12.6. The van der Waals surface area contributed by atoms with Crippen molar-refractivity contribution >= 4 is 11.8 Å². The van der Waals surface area contributed by atoms with Crippen LogP contribution in [0.3, 0.4) is 0 Å². The second-order valence-electron chi connectivity index (χ2n) is 9.61. The molecule has 10 heteroatoms. The van der Waals surface area contributed by atoms with Gasteiger partial charge in [0.2, 0.25) is 11.8 Å². The minimum atomic E-state index is -1.43. The molecule has 0 aliphatic carbocycles. The van der Waals surface area contributed by atoms with E-state index in [9.17, 15) is 19.8 Å². The standard InChI is InChI=1S/C28H36N2O8/c1-15(31)29-9-7-17-11-21(35-3)23(37-5)13-19(17)25(29)27(33)28(34)26-20-14-24(38-6)22(36-4)12-18(20)8-10-30(26)16(2)32/h11-14,25-28,33-34H,7-10H2,1-6H3/t25-,26-,27?,28?/m0/s1. The number of aliphatic hydroxyl groups excluding tert-OH is 2. The molecule has 0 spiro atoms. The van der Waals surface area contributed by atoms with E-state index < -0.39 is 24.3 Å². The number of aliphatic hydroxyl groups is 2. The predicted molar refractivity (Wildman–Crippen MR) is 139 cm³/mol. The Balaban J connectivity index is 1.83. The number of hydrogen-bond acceptors (Lipinski definition) is 8. The number of ether oxygens (including phenoxy) is 4. The third-order valence-electron chi connectivity index (χ3n) is 7.65. The van der Waals surface area contributed by atoms with Crippen molar-refractivity contribution in [3.8, 4) is 23.0 Å². The molecule has 0 saturated heterocycles. The van der Waals surface area contributed by atoms with Crippen LogP contribution in [-0.4, -0.2) is 85.6 Å². The maximum atomic E-state index is 12.7. The maximum absolute atomic E-state index is 12.7. The summed E-state index contributed by atoms with van der Waals surface area (Å²) in [5, 5.41) is 23.6. The normalized spacial score (nSPS) is 20.1. The van der Waals surface area contributed by atoms with E-state index in [1.807, 2.05) is 12.1 Å². The molecule has 2 aliphatic heterocycles. The summed E-state index contributed by atoms with van der Waals surface area (Å²) < 4.78 is 21.9. The van der Waals surface area contributed by atoms with Gasteiger partial charge in [0.15, 0.2) is 23.0 Å². The van der Waals surface area contributed by atoms with Crippen LogP contribution in [0, 0.1) is 0 Å². The molecule has 2 aromatic carbocycles. The summed E-state index contributed by atoms with van der Waals surface area (Å²) in [7, 11) is 6.12. The maximum Gasteiger partial charge on any atom is 0.220 e. The highest BCUT2D eigenvalue weighted by Gasteiger charge is 2.45. The Hall–Kier alpha value is -3.50. The lowest BCUT2D eigenvalue weighted by molar-refractivity contribution is -0.146. The fourth-order valence-corrected chi connectivity index (χ4v) is 5.77. The van der Waals surface area contributed by atoms with Crippen molar-refractivity contribution in [3.05, 3.63) is 46.5 Å². The van der Waals surface area contributed by atoms with E-state index in [-0.39, 0.29) is 11.8 Å². The van der Waals surface area contributed by atoms with Crippen LogP contribution in [0.1, 0.15) is 48.2 Å². The van der Waals surface area contributed by atoms with E-state index in [0.717, 1.165) is 11.1 Å². The molecule has 2 aliphatic rings. The lowest BCUT2D eigenvalue weighted by atomic mass is 9.81. The molecule has 4 rings (SSSR count). The number of nitrogens with zero attached hydrogens (tertiary/aromatic N) is 2. The van der Waals surface area contributed by atoms with Gasteiger partial charge < -0.3 is 39.0 Å². The minimum Gasteiger partial charge on any atom is -0.493 e. The Kier molecular flexibility index (Phi) is 8.03. The predicted octanol–water partition coefficient (Wildman–Crippen LogP) is 2.03. The molecule has 2 heterocycles. The van der Waals surface area contributed by atoms with Crippen molar-refractivity contribution in [2.75, 3.05) is 41.5 Å². The van der Waals surface area contributed by atoms with E-state index in [0.29, 0.717) is 60.1 Å². The van der Waals surface area contributed by atoms with Gasteiger partial charge in [-0.3, -0.25) is 9.59 Å². The van der Waals surface area contributed by atoms with E-state index in [4.69, 9.17) is 18.9 Å². The van der Waals surface area contributed by atoms with Gasteiger partial charge >= 0.3 is 0 Å². The van der Waals surface area contributed by atoms with Crippen LogP contribution in [-0.2, 0) is 22.4 Å². The van der Waals surface area contributed by atoms with Gasteiger partial charge in [0.25, 0.3) is 0 Å². The molecule has 0 fully saturated rings. The molecule has 0 saturated carbocycles. The van der Waals surface area contributed by atoms with Crippen molar-refractivity contribution < 1.29 is 38.7 Å². The van der Waals surface area contributed by atoms with Crippen molar-refractivity contribution in [1.82, 2.24) is 9.80 Å². The lowest BCUT2D eigenvalue weighted by Gasteiger charge is -2.45. The van der Waals surface area contributed by atoms with Gasteiger partial charge in [-0.05, 0) is 59.4 Å². The third kappa shape index (κ3) is 4.74. The smallest absolute Gasteiger partial charge is 0.220 e. The SMILES string of the molecule is COc1cc2c(cc1OC)[C@@H](C(O)C(O)[C@@H]1c3cc(OC)c(OC)cc3CCN1C(C)=O)N(C(C)=O)CC2. The molecule has 206 valence electrons. The summed E-state index contributed by atoms with van der Waals surface area (Å²) in [6, 6.07) is 5.43. The number of hydrogen-bond donors (Lipinski definition) is 2. The number of fused-ring (bicyclic) bond motifs is 2. The molecule has 10 nitrogen and oxygen atoms in total. The zero-order valence-corrected chi connectivity index (χ0v) is 22.7. The van der Waals surface area contributed by atoms with Gasteiger partial charge in [0.1, 0.15) is 12.2 Å². The molecule has 4 atom stereocenters. The zero-order chi connectivity index (χ0) is 27.7. The van der Waals surface area contributed by atoms with Crippen LogP contribution in [0.4, 0.5) is 0 Å². The van der Waals surface area contributed by atoms with E-state index in [2.05, 4.69) is 0 Å². The third-order valence-corrected chi connectivity index (χ3v) is 7.65. The molecule has 0 aromatic heterocycles. The molecular formula is C28H36N2O8. The summed E-state index contributed by atoms with van der Waals surface area (Å²) in [5.41, 5.74) is 3.09. The second kappa shape index (κ2) is 11.1. The van der Waals surface area contributed by atoms with Crippen molar-refractivity contribution in [3.63, 3.8) is 0 Å². The fourth-order valence-electron chi connectivity index (χ4n) is 5.77. The van der Waals surface area contributed by atoms with Crippen LogP contribution in [0.2, 0.25) is 0 Å². The number of methoxy groups -OCH3 is 4. The molecule has 2 N–H and O–H groups in total. The van der Waals surface area contributed by atoms with Crippen LogP contribution >= 0.6 is 0 Å². The molecule has 2 aromatic rings. The number of carbonyl (C=O) groups excluding carboxylic acids is 2. The van der Waals surface area contributed by atoms with Crippen LogP contribution < -0.4 is 18.9 Å². The molecule has 38 heavy (non-hydrogen) atoms. The van der Waals surface area contributed by atoms with Crippen LogP contribution in [0.5, 0.6) is 23.0 Å². The summed E-state index contributed by atoms with van der Waals surface area (Å²) in [6.45, 7) is 3.59. The number of rotatable bonds is 7. The Morgan fingerprint density at radius 2 is 1.00 bits per heavy atom. The van der Waals surface area contributed by atoms with Crippen molar-refractivity contribution in [2.45, 2.75) is 51.0 Å². The lowest BCUT2D eigenvalue weighted by Crippen LogP contribution is -2.53. The summed E-state index contributed by atoms with van der Waals surface area (Å²) in [5.74, 6) is 1.52. The summed E-state index contributed by atoms with van der Waals surface area (Å²) in [6.07, 6.45) is -1.75. The molecular weight excluding hydrogens is 492 g/mol. The van der Waals surface area contributed by atoms with E-state index >= 15 is 0 Å². The van der Waals surface area contributed by atoms with Crippen molar-refractivity contribution in [2.24, 2.45) is 0 Å². The fraction of sp³-hybridized carbons (Fsp3) is 0.500. The first kappa shape index (κ1) is 27.5.